The molecule has 0 bridgehead atoms. The van der Waals surface area contributed by atoms with Gasteiger partial charge in [0.25, 0.3) is 5.91 Å². The Morgan fingerprint density at radius 3 is 2.26 bits per heavy atom. The summed E-state index contributed by atoms with van der Waals surface area (Å²) in [6, 6.07) is 9.76. The average Bonchev–Trinajstić information content (AvgIpc) is 2.78. The van der Waals surface area contributed by atoms with Crippen LogP contribution in [0.5, 0.6) is 5.75 Å². The van der Waals surface area contributed by atoms with Gasteiger partial charge in [0.2, 0.25) is 0 Å². The summed E-state index contributed by atoms with van der Waals surface area (Å²) in [7, 11) is 3.37. The highest BCUT2D eigenvalue weighted by Gasteiger charge is 2.38. The van der Waals surface area contributed by atoms with Crippen LogP contribution in [0.1, 0.15) is 59.6 Å². The van der Waals surface area contributed by atoms with E-state index >= 15 is 0 Å². The van der Waals surface area contributed by atoms with Crippen molar-refractivity contribution in [1.29, 1.82) is 0 Å². The van der Waals surface area contributed by atoms with Gasteiger partial charge in [-0.05, 0) is 50.1 Å². The van der Waals surface area contributed by atoms with Gasteiger partial charge in [-0.25, -0.2) is 0 Å². The predicted octanol–water partition coefficient (Wildman–Crippen LogP) is 6.11. The van der Waals surface area contributed by atoms with Crippen LogP contribution in [0.3, 0.4) is 0 Å². The normalized spacial score (nSPS) is 13.6. The second-order valence-electron chi connectivity index (χ2n) is 7.46. The van der Waals surface area contributed by atoms with Crippen molar-refractivity contribution in [3.05, 3.63) is 48.0 Å². The van der Waals surface area contributed by atoms with Crippen LogP contribution in [0, 0.1) is 0 Å². The summed E-state index contributed by atoms with van der Waals surface area (Å²) >= 11 is 0. The van der Waals surface area contributed by atoms with Gasteiger partial charge >= 0.3 is 0 Å². The number of hydrogen-bond acceptors (Lipinski definition) is 4. The van der Waals surface area contributed by atoms with E-state index in [0.29, 0.717) is 17.0 Å². The fraction of sp³-hybridized carbons (Fsp3) is 0.423. The minimum atomic E-state index is -0.701. The van der Waals surface area contributed by atoms with Crippen molar-refractivity contribution in [2.45, 2.75) is 60.6 Å². The monoisotopic (exact) mass is 426 g/mol. The van der Waals surface area contributed by atoms with E-state index in [9.17, 15) is 9.90 Å². The topological polar surface area (TPSA) is 61.8 Å². The fourth-order valence-corrected chi connectivity index (χ4v) is 3.63. The number of methoxy groups -OCH3 is 1. The van der Waals surface area contributed by atoms with E-state index in [2.05, 4.69) is 11.9 Å². The molecule has 2 N–H and O–H groups in total. The number of benzene rings is 2. The number of anilines is 2. The molecule has 0 aliphatic carbocycles. The molecule has 0 saturated heterocycles. The summed E-state index contributed by atoms with van der Waals surface area (Å²) < 4.78 is 5.55. The number of aliphatic hydroxyl groups is 1. The first-order valence-corrected chi connectivity index (χ1v) is 10.9. The van der Waals surface area contributed by atoms with Crippen LogP contribution in [0.15, 0.2) is 36.9 Å². The summed E-state index contributed by atoms with van der Waals surface area (Å²) in [5.74, 6) is 0.650. The Balaban J connectivity index is 0.00000113. The van der Waals surface area contributed by atoms with Crippen molar-refractivity contribution < 1.29 is 14.6 Å². The molecule has 0 saturated carbocycles. The number of nitrogens with one attached hydrogen (secondary N) is 1. The summed E-state index contributed by atoms with van der Waals surface area (Å²) in [6.45, 7) is 17.5. The molecule has 3 rings (SSSR count). The standard InChI is InChI=1S/C22H26N2O3.2C2H6/c1-13(2)14-7-10-19(27-6)16(11-14)15-8-9-18-20(17(15)12-25)24(5)21(26)22(3,4)23-18;2*1-2/h7-11,23,25H,1,12H2,2-6H3;2*1-2H3. The summed E-state index contributed by atoms with van der Waals surface area (Å²) in [5.41, 5.74) is 5.13. The smallest absolute Gasteiger partial charge is 0.251 e. The Labute approximate surface area is 187 Å². The third-order valence-corrected chi connectivity index (χ3v) is 5.05. The second-order valence-corrected chi connectivity index (χ2v) is 7.46. The quantitative estimate of drug-likeness (QED) is 0.619. The molecule has 0 fully saturated rings. The van der Waals surface area contributed by atoms with Crippen LogP contribution in [0.4, 0.5) is 11.4 Å². The van der Waals surface area contributed by atoms with Crippen LogP contribution in [0.25, 0.3) is 16.7 Å². The van der Waals surface area contributed by atoms with E-state index < -0.39 is 5.54 Å². The number of aliphatic hydroxyl groups excluding tert-OH is 1. The van der Waals surface area contributed by atoms with Gasteiger partial charge in [0, 0.05) is 18.2 Å². The van der Waals surface area contributed by atoms with Crippen molar-refractivity contribution in [3.8, 4) is 16.9 Å². The lowest BCUT2D eigenvalue weighted by Gasteiger charge is -2.39. The van der Waals surface area contributed by atoms with E-state index in [1.54, 1.807) is 19.1 Å². The van der Waals surface area contributed by atoms with Gasteiger partial charge in [-0.2, -0.15) is 0 Å². The lowest BCUT2D eigenvalue weighted by atomic mass is 9.91. The van der Waals surface area contributed by atoms with Crippen LogP contribution in [-0.2, 0) is 11.4 Å². The van der Waals surface area contributed by atoms with Crippen molar-refractivity contribution in [1.82, 2.24) is 0 Å². The van der Waals surface area contributed by atoms with Crippen LogP contribution >= 0.6 is 0 Å². The van der Waals surface area contributed by atoms with E-state index in [0.717, 1.165) is 28.0 Å². The maximum absolute atomic E-state index is 12.7. The average molecular weight is 427 g/mol. The number of ether oxygens (including phenoxy) is 1. The molecule has 5 heteroatoms. The predicted molar refractivity (Wildman–Crippen MR) is 133 cm³/mol. The first-order chi connectivity index (χ1) is 14.7. The van der Waals surface area contributed by atoms with Crippen LogP contribution in [-0.4, -0.2) is 30.7 Å². The molecular formula is C26H38N2O3. The molecule has 2 aromatic carbocycles. The zero-order valence-corrected chi connectivity index (χ0v) is 20.5. The van der Waals surface area contributed by atoms with Crippen LogP contribution < -0.4 is 15.0 Å². The largest absolute Gasteiger partial charge is 0.496 e. The molecule has 1 heterocycles. The zero-order valence-electron chi connectivity index (χ0n) is 20.5. The van der Waals surface area contributed by atoms with Crippen molar-refractivity contribution in [2.75, 3.05) is 24.4 Å². The number of carbonyl (C=O) groups is 1. The maximum atomic E-state index is 12.7. The number of fused-ring (bicyclic) bond motifs is 1. The van der Waals surface area contributed by atoms with Crippen molar-refractivity contribution in [3.63, 3.8) is 0 Å². The molecule has 0 spiro atoms. The molecule has 1 amide bonds. The van der Waals surface area contributed by atoms with Gasteiger partial charge in [0.1, 0.15) is 11.3 Å². The summed E-state index contributed by atoms with van der Waals surface area (Å²) in [4.78, 5) is 14.4. The molecule has 170 valence electrons. The molecule has 0 atom stereocenters. The Morgan fingerprint density at radius 1 is 1.13 bits per heavy atom. The number of hydrogen-bond donors (Lipinski definition) is 2. The Bertz CT molecular complexity index is 932. The van der Waals surface area contributed by atoms with Crippen LogP contribution in [0.2, 0.25) is 0 Å². The number of rotatable bonds is 4. The van der Waals surface area contributed by atoms with Gasteiger partial charge in [0.15, 0.2) is 0 Å². The minimum Gasteiger partial charge on any atom is -0.496 e. The summed E-state index contributed by atoms with van der Waals surface area (Å²) in [5, 5.41) is 13.5. The van der Waals surface area contributed by atoms with E-state index in [1.807, 2.05) is 78.8 Å². The number of amides is 1. The first-order valence-electron chi connectivity index (χ1n) is 10.9. The van der Waals surface area contributed by atoms with E-state index in [4.69, 9.17) is 4.74 Å². The van der Waals surface area contributed by atoms with Gasteiger partial charge < -0.3 is 20.1 Å². The molecule has 0 aromatic heterocycles. The summed E-state index contributed by atoms with van der Waals surface area (Å²) in [6.07, 6.45) is 0. The molecule has 0 unspecified atom stereocenters. The Morgan fingerprint density at radius 2 is 1.74 bits per heavy atom. The number of allylic oxidation sites excluding steroid dienone is 1. The molecule has 0 radical (unpaired) electrons. The molecule has 2 aromatic rings. The SMILES string of the molecule is C=C(C)c1ccc(OC)c(-c2ccc3c(c2CO)N(C)C(=O)C(C)(C)N3)c1.CC.CC. The Hall–Kier alpha value is -2.79. The highest BCUT2D eigenvalue weighted by Crippen LogP contribution is 2.44. The lowest BCUT2D eigenvalue weighted by molar-refractivity contribution is -0.121. The highest BCUT2D eigenvalue weighted by molar-refractivity contribution is 6.08. The van der Waals surface area contributed by atoms with E-state index in [-0.39, 0.29) is 12.5 Å². The molecule has 5 nitrogen and oxygen atoms in total. The minimum absolute atomic E-state index is 0.0514. The number of likely N-dealkylation sites (N-methyl/N-ethyl adjacent to an activating group) is 1. The Kier molecular flexibility index (Phi) is 9.32. The van der Waals surface area contributed by atoms with Crippen molar-refractivity contribution in [2.24, 2.45) is 0 Å². The highest BCUT2D eigenvalue weighted by atomic mass is 16.5. The lowest BCUT2D eigenvalue weighted by Crippen LogP contribution is -2.52. The number of nitrogens with zero attached hydrogens (tertiary/aromatic N) is 1. The molecule has 31 heavy (non-hydrogen) atoms. The molecular weight excluding hydrogens is 388 g/mol. The number of carbonyl (C=O) groups excluding carboxylic acids is 1. The second kappa shape index (κ2) is 11.0. The third-order valence-electron chi connectivity index (χ3n) is 5.05. The van der Waals surface area contributed by atoms with E-state index in [1.165, 1.54) is 0 Å². The maximum Gasteiger partial charge on any atom is 0.251 e. The van der Waals surface area contributed by atoms with Crippen molar-refractivity contribution >= 4 is 22.9 Å². The van der Waals surface area contributed by atoms with Gasteiger partial charge in [0.05, 0.1) is 25.1 Å². The van der Waals surface area contributed by atoms with Gasteiger partial charge in [-0.1, -0.05) is 52.0 Å². The zero-order chi connectivity index (χ0) is 23.9. The third kappa shape index (κ3) is 5.10. The molecule has 1 aliphatic heterocycles. The first kappa shape index (κ1) is 26.2. The van der Waals surface area contributed by atoms with Gasteiger partial charge in [-0.3, -0.25) is 4.79 Å². The van der Waals surface area contributed by atoms with Gasteiger partial charge in [-0.15, -0.1) is 0 Å². The molecule has 1 aliphatic rings. The fourth-order valence-electron chi connectivity index (χ4n) is 3.63.